The van der Waals surface area contributed by atoms with Crippen LogP contribution < -0.4 is 10.2 Å². The minimum Gasteiger partial charge on any atom is -0.301 e. The molecule has 1 aliphatic rings. The second kappa shape index (κ2) is 7.88. The first kappa shape index (κ1) is 18.4. The van der Waals surface area contributed by atoms with E-state index >= 15 is 0 Å². The lowest BCUT2D eigenvalue weighted by atomic mass is 10.1. The van der Waals surface area contributed by atoms with Crippen LogP contribution in [0.5, 0.6) is 0 Å². The highest BCUT2D eigenvalue weighted by atomic mass is 79.9. The number of nitrogens with one attached hydrogen (secondary N) is 1. The second-order valence-electron chi connectivity index (χ2n) is 5.72. The van der Waals surface area contributed by atoms with Gasteiger partial charge >= 0.3 is 0 Å². The second-order valence-corrected chi connectivity index (χ2v) is 7.03. The van der Waals surface area contributed by atoms with Crippen molar-refractivity contribution in [1.82, 2.24) is 5.32 Å². The predicted octanol–water partition coefficient (Wildman–Crippen LogP) is 3.78. The van der Waals surface area contributed by atoms with Gasteiger partial charge in [-0.3, -0.25) is 19.5 Å². The van der Waals surface area contributed by atoms with E-state index in [1.165, 1.54) is 11.1 Å². The minimum atomic E-state index is -1.04. The molecule has 0 radical (unpaired) electrons. The number of hydrogen-bond acceptors (Lipinski definition) is 4. The van der Waals surface area contributed by atoms with Crippen molar-refractivity contribution in [3.8, 4) is 0 Å². The van der Waals surface area contributed by atoms with Gasteiger partial charge in [0.25, 0.3) is 5.91 Å². The molecule has 7 heteroatoms. The molecule has 0 aliphatic carbocycles. The molecule has 2 amide bonds. The van der Waals surface area contributed by atoms with Crippen molar-refractivity contribution in [2.24, 2.45) is 10.9 Å². The van der Waals surface area contributed by atoms with Crippen LogP contribution >= 0.6 is 28.1 Å². The highest BCUT2D eigenvalue weighted by Crippen LogP contribution is 2.22. The van der Waals surface area contributed by atoms with Crippen molar-refractivity contribution in [3.63, 3.8) is 0 Å². The Hall–Kier alpha value is -2.38. The number of hydrogen-bond donors (Lipinski definition) is 1. The van der Waals surface area contributed by atoms with Crippen molar-refractivity contribution in [1.29, 1.82) is 0 Å². The summed E-state index contributed by atoms with van der Waals surface area (Å²) in [5.41, 5.74) is 2.42. The van der Waals surface area contributed by atoms with E-state index in [1.54, 1.807) is 12.1 Å². The number of carbonyl (C=O) groups is 2. The number of carbonyl (C=O) groups excluding carboxylic acids is 2. The Balaban J connectivity index is 1.87. The predicted molar refractivity (Wildman–Crippen MR) is 110 cm³/mol. The largest absolute Gasteiger partial charge is 0.301 e. The number of rotatable bonds is 4. The number of benzene rings is 2. The first-order valence-corrected chi connectivity index (χ1v) is 9.27. The normalized spacial score (nSPS) is 17.7. The van der Waals surface area contributed by atoms with E-state index in [4.69, 9.17) is 12.2 Å². The van der Waals surface area contributed by atoms with Crippen LogP contribution in [0.3, 0.4) is 0 Å². The van der Waals surface area contributed by atoms with Crippen molar-refractivity contribution in [2.45, 2.75) is 13.3 Å². The molecule has 1 saturated heterocycles. The molecule has 0 bridgehead atoms. The van der Waals surface area contributed by atoms with Crippen molar-refractivity contribution < 1.29 is 9.59 Å². The Morgan fingerprint density at radius 1 is 1.23 bits per heavy atom. The lowest BCUT2D eigenvalue weighted by Gasteiger charge is -2.31. The van der Waals surface area contributed by atoms with Crippen LogP contribution in [0.25, 0.3) is 0 Å². The zero-order valence-electron chi connectivity index (χ0n) is 14.0. The average Bonchev–Trinajstić information content (AvgIpc) is 2.62. The fraction of sp³-hybridized carbons (Fsp3) is 0.158. The van der Waals surface area contributed by atoms with Gasteiger partial charge < -0.3 is 5.32 Å². The van der Waals surface area contributed by atoms with E-state index < -0.39 is 17.7 Å². The van der Waals surface area contributed by atoms with E-state index in [9.17, 15) is 9.59 Å². The van der Waals surface area contributed by atoms with Gasteiger partial charge in [0, 0.05) is 10.7 Å². The van der Waals surface area contributed by atoms with Gasteiger partial charge in [0.05, 0.1) is 11.4 Å². The monoisotopic (exact) mass is 429 g/mol. The van der Waals surface area contributed by atoms with Gasteiger partial charge in [-0.25, -0.2) is 0 Å². The third-order valence-electron chi connectivity index (χ3n) is 3.99. The molecule has 1 atom stereocenters. The fourth-order valence-electron chi connectivity index (χ4n) is 2.56. The number of amides is 2. The topological polar surface area (TPSA) is 61.8 Å². The Morgan fingerprint density at radius 2 is 1.96 bits per heavy atom. The fourth-order valence-corrected chi connectivity index (χ4v) is 3.25. The summed E-state index contributed by atoms with van der Waals surface area (Å²) in [6.45, 7) is 2.06. The van der Waals surface area contributed by atoms with Gasteiger partial charge in [-0.2, -0.15) is 0 Å². The molecule has 5 nitrogen and oxygen atoms in total. The Labute approximate surface area is 165 Å². The quantitative estimate of drug-likeness (QED) is 0.456. The Kier molecular flexibility index (Phi) is 5.58. The third-order valence-corrected chi connectivity index (χ3v) is 4.76. The van der Waals surface area contributed by atoms with E-state index in [1.807, 2.05) is 36.4 Å². The summed E-state index contributed by atoms with van der Waals surface area (Å²) in [6, 6.07) is 14.8. The summed E-state index contributed by atoms with van der Waals surface area (Å²) in [7, 11) is 0. The lowest BCUT2D eigenvalue weighted by Crippen LogP contribution is -2.58. The van der Waals surface area contributed by atoms with Crippen LogP contribution in [-0.2, 0) is 16.0 Å². The van der Waals surface area contributed by atoms with E-state index in [2.05, 4.69) is 33.2 Å². The number of aliphatic imine (C=N–C) groups is 1. The molecule has 26 heavy (non-hydrogen) atoms. The maximum Gasteiger partial charge on any atom is 0.251 e. The lowest BCUT2D eigenvalue weighted by molar-refractivity contribution is -0.130. The number of nitrogens with zero attached hydrogens (tertiary/aromatic N) is 2. The number of thiocarbonyl (C=S) groups is 1. The minimum absolute atomic E-state index is 0.0800. The molecule has 0 spiro atoms. The zero-order valence-corrected chi connectivity index (χ0v) is 16.4. The summed E-state index contributed by atoms with van der Waals surface area (Å²) in [5, 5.41) is 2.66. The van der Waals surface area contributed by atoms with Crippen LogP contribution in [-0.4, -0.2) is 23.1 Å². The van der Waals surface area contributed by atoms with Gasteiger partial charge in [-0.05, 0) is 54.5 Å². The molecule has 132 valence electrons. The van der Waals surface area contributed by atoms with Gasteiger partial charge in [0.2, 0.25) is 5.91 Å². The molecular formula is C19H16BrN3O2S. The first-order valence-electron chi connectivity index (χ1n) is 8.07. The zero-order chi connectivity index (χ0) is 18.7. The maximum atomic E-state index is 12.9. The SMILES string of the molecule is CCc1ccc(N2C(=O)C(C=Nc3cccc(Br)c3)C(=O)NC2=S)cc1. The smallest absolute Gasteiger partial charge is 0.251 e. The molecule has 0 aromatic heterocycles. The van der Waals surface area contributed by atoms with E-state index in [0.717, 1.165) is 16.5 Å². The van der Waals surface area contributed by atoms with Crippen LogP contribution in [0.4, 0.5) is 11.4 Å². The third kappa shape index (κ3) is 3.89. The molecule has 2 aromatic rings. The maximum absolute atomic E-state index is 12.9. The molecule has 1 unspecified atom stereocenters. The van der Waals surface area contributed by atoms with E-state index in [0.29, 0.717) is 11.4 Å². The number of halogens is 1. The van der Waals surface area contributed by atoms with Crippen molar-refractivity contribution >= 4 is 62.7 Å². The van der Waals surface area contributed by atoms with E-state index in [-0.39, 0.29) is 5.11 Å². The molecule has 3 rings (SSSR count). The standard InChI is InChI=1S/C19H16BrN3O2S/c1-2-12-6-8-15(9-7-12)23-18(25)16(17(24)22-19(23)26)11-21-14-5-3-4-13(20)10-14/h3-11,16H,2H2,1H3,(H,22,24,26). The first-order chi connectivity index (χ1) is 12.5. The van der Waals surface area contributed by atoms with Gasteiger partial charge in [0.1, 0.15) is 0 Å². The summed E-state index contributed by atoms with van der Waals surface area (Å²) in [5.74, 6) is -1.92. The highest BCUT2D eigenvalue weighted by molar-refractivity contribution is 9.10. The van der Waals surface area contributed by atoms with Crippen molar-refractivity contribution in [3.05, 3.63) is 58.6 Å². The average molecular weight is 430 g/mol. The molecular weight excluding hydrogens is 414 g/mol. The molecule has 0 saturated carbocycles. The van der Waals surface area contributed by atoms with Crippen LogP contribution in [0.15, 0.2) is 58.0 Å². The van der Waals surface area contributed by atoms with Gasteiger partial charge in [-0.15, -0.1) is 0 Å². The molecule has 2 aromatic carbocycles. The number of anilines is 1. The molecule has 1 fully saturated rings. The van der Waals surface area contributed by atoms with Crippen LogP contribution in [0.1, 0.15) is 12.5 Å². The van der Waals surface area contributed by atoms with Crippen LogP contribution in [0, 0.1) is 5.92 Å². The van der Waals surface area contributed by atoms with Gasteiger partial charge in [0.15, 0.2) is 11.0 Å². The summed E-state index contributed by atoms with van der Waals surface area (Å²) in [4.78, 5) is 30.7. The van der Waals surface area contributed by atoms with Gasteiger partial charge in [-0.1, -0.05) is 41.1 Å². The summed E-state index contributed by atoms with van der Waals surface area (Å²) >= 11 is 8.56. The van der Waals surface area contributed by atoms with Crippen LogP contribution in [0.2, 0.25) is 0 Å². The highest BCUT2D eigenvalue weighted by Gasteiger charge is 2.38. The number of aryl methyl sites for hydroxylation is 1. The molecule has 1 N–H and O–H groups in total. The Bertz CT molecular complexity index is 896. The summed E-state index contributed by atoms with van der Waals surface area (Å²) in [6.07, 6.45) is 2.26. The summed E-state index contributed by atoms with van der Waals surface area (Å²) < 4.78 is 0.866. The Morgan fingerprint density at radius 3 is 2.62 bits per heavy atom. The molecule has 1 aliphatic heterocycles. The van der Waals surface area contributed by atoms with Crippen molar-refractivity contribution in [2.75, 3.05) is 4.90 Å². The molecule has 1 heterocycles.